The van der Waals surface area contributed by atoms with E-state index in [-0.39, 0.29) is 27.0 Å². The van der Waals surface area contributed by atoms with Crippen LogP contribution in [0.15, 0.2) is 83.0 Å². The van der Waals surface area contributed by atoms with Gasteiger partial charge < -0.3 is 21.1 Å². The molecule has 1 aliphatic rings. The van der Waals surface area contributed by atoms with Crippen molar-refractivity contribution in [1.29, 1.82) is 0 Å². The number of alkyl halides is 3. The maximum atomic E-state index is 13.5. The number of thioether (sulfide) groups is 1. The van der Waals surface area contributed by atoms with Crippen molar-refractivity contribution >= 4 is 57.3 Å². The van der Waals surface area contributed by atoms with E-state index in [1.807, 2.05) is 19.1 Å². The summed E-state index contributed by atoms with van der Waals surface area (Å²) in [5.74, 6) is -0.954. The number of hydrogen-bond acceptors (Lipinski definition) is 6. The van der Waals surface area contributed by atoms with Crippen molar-refractivity contribution in [3.05, 3.63) is 94.1 Å². The van der Waals surface area contributed by atoms with Gasteiger partial charge in [-0.15, -0.1) is 0 Å². The summed E-state index contributed by atoms with van der Waals surface area (Å²) in [4.78, 5) is 31.4. The Morgan fingerprint density at radius 1 is 1.05 bits per heavy atom. The summed E-state index contributed by atoms with van der Waals surface area (Å²) < 4.78 is 45.3. The van der Waals surface area contributed by atoms with Gasteiger partial charge in [-0.05, 0) is 55.8 Å². The number of nitrogens with zero attached hydrogens (tertiary/aromatic N) is 1. The molecule has 0 radical (unpaired) electrons. The number of nitrogens with one attached hydrogen (secondary N) is 2. The van der Waals surface area contributed by atoms with Gasteiger partial charge in [0.15, 0.2) is 0 Å². The molecule has 0 spiro atoms. The number of carbonyl (C=O) groups excluding carboxylic acids is 2. The maximum Gasteiger partial charge on any atom is 0.416 e. The van der Waals surface area contributed by atoms with Gasteiger partial charge in [0.2, 0.25) is 5.91 Å². The van der Waals surface area contributed by atoms with E-state index >= 15 is 0 Å². The lowest BCUT2D eigenvalue weighted by Crippen LogP contribution is -2.29. The van der Waals surface area contributed by atoms with Crippen LogP contribution in [0.25, 0.3) is 0 Å². The summed E-state index contributed by atoms with van der Waals surface area (Å²) >= 11 is 6.97. The number of carbonyl (C=O) groups is 2. The smallest absolute Gasteiger partial charge is 0.416 e. The van der Waals surface area contributed by atoms with Crippen molar-refractivity contribution < 1.29 is 27.5 Å². The van der Waals surface area contributed by atoms with Gasteiger partial charge in [-0.25, -0.2) is 4.99 Å². The third kappa shape index (κ3) is 6.43. The summed E-state index contributed by atoms with van der Waals surface area (Å²) in [7, 11) is 0. The standard InChI is InChI=1S/C28H24ClF3N4O3S/c1-3-39-21-11-7-6-10-19(21)34-25(37)22-23(33)24(40-27(22)36-18-9-5-4-8-15(18)2)26(38)35-20-14-16(28(30,31)32)12-13-17(20)29/h4-14,24H,3,33H2,1-2H3,(H,34,37)(H,35,38)/t24-/m1/s1. The normalized spacial score (nSPS) is 16.2. The Morgan fingerprint density at radius 2 is 1.75 bits per heavy atom. The molecule has 1 heterocycles. The Morgan fingerprint density at radius 3 is 2.45 bits per heavy atom. The number of para-hydroxylation sites is 3. The minimum Gasteiger partial charge on any atom is -0.492 e. The fraction of sp³-hybridized carbons (Fsp3) is 0.179. The number of ether oxygens (including phenoxy) is 1. The van der Waals surface area contributed by atoms with E-state index in [4.69, 9.17) is 22.1 Å². The van der Waals surface area contributed by atoms with Crippen molar-refractivity contribution in [2.24, 2.45) is 10.7 Å². The molecular formula is C28H24ClF3N4O3S. The van der Waals surface area contributed by atoms with Crippen LogP contribution in [0.2, 0.25) is 5.02 Å². The van der Waals surface area contributed by atoms with Crippen LogP contribution < -0.4 is 21.1 Å². The third-order valence-electron chi connectivity index (χ3n) is 5.80. The number of nitrogens with two attached hydrogens (primary N) is 1. The molecular weight excluding hydrogens is 565 g/mol. The molecule has 0 unspecified atom stereocenters. The lowest BCUT2D eigenvalue weighted by Gasteiger charge is -2.14. The quantitative estimate of drug-likeness (QED) is 0.285. The lowest BCUT2D eigenvalue weighted by molar-refractivity contribution is -0.137. The highest BCUT2D eigenvalue weighted by atomic mass is 35.5. The number of rotatable bonds is 7. The van der Waals surface area contributed by atoms with Gasteiger partial charge in [-0.1, -0.05) is 53.7 Å². The first-order valence-electron chi connectivity index (χ1n) is 12.0. The van der Waals surface area contributed by atoms with Crippen molar-refractivity contribution in [2.75, 3.05) is 17.2 Å². The zero-order valence-electron chi connectivity index (χ0n) is 21.3. The average Bonchev–Trinajstić information content (AvgIpc) is 3.23. The first-order chi connectivity index (χ1) is 19.0. The molecule has 208 valence electrons. The largest absolute Gasteiger partial charge is 0.492 e. The number of amides is 2. The second-order valence-electron chi connectivity index (χ2n) is 8.60. The number of halogens is 4. The van der Waals surface area contributed by atoms with Gasteiger partial charge in [0, 0.05) is 5.70 Å². The molecule has 40 heavy (non-hydrogen) atoms. The van der Waals surface area contributed by atoms with Gasteiger partial charge in [-0.2, -0.15) is 13.2 Å². The Labute approximate surface area is 237 Å². The first kappa shape index (κ1) is 29.0. The van der Waals surface area contributed by atoms with Crippen LogP contribution in [0.4, 0.5) is 30.2 Å². The SMILES string of the molecule is CCOc1ccccc1NC(=O)C1=C(N)[C@H](C(=O)Nc2cc(C(F)(F)F)ccc2Cl)SC1=Nc1ccccc1C. The predicted molar refractivity (Wildman–Crippen MR) is 152 cm³/mol. The van der Waals surface area contributed by atoms with Crippen molar-refractivity contribution in [1.82, 2.24) is 0 Å². The maximum absolute atomic E-state index is 13.5. The molecule has 0 saturated carbocycles. The molecule has 0 aliphatic carbocycles. The number of anilines is 2. The van der Waals surface area contributed by atoms with Gasteiger partial charge in [0.1, 0.15) is 16.0 Å². The van der Waals surface area contributed by atoms with Gasteiger partial charge >= 0.3 is 6.18 Å². The Bertz CT molecular complexity index is 1520. The number of aliphatic imine (C=N–C) groups is 1. The van der Waals surface area contributed by atoms with Crippen molar-refractivity contribution in [3.63, 3.8) is 0 Å². The summed E-state index contributed by atoms with van der Waals surface area (Å²) in [5.41, 5.74) is 6.76. The zero-order chi connectivity index (χ0) is 29.0. The summed E-state index contributed by atoms with van der Waals surface area (Å²) in [6.07, 6.45) is -4.64. The molecule has 0 bridgehead atoms. The number of benzene rings is 3. The van der Waals surface area contributed by atoms with Crippen LogP contribution in [-0.2, 0) is 15.8 Å². The molecule has 3 aromatic rings. The summed E-state index contributed by atoms with van der Waals surface area (Å²) in [5, 5.41) is 4.09. The zero-order valence-corrected chi connectivity index (χ0v) is 22.9. The van der Waals surface area contributed by atoms with E-state index in [0.29, 0.717) is 23.7 Å². The monoisotopic (exact) mass is 588 g/mol. The lowest BCUT2D eigenvalue weighted by atomic mass is 10.1. The van der Waals surface area contributed by atoms with Gasteiger partial charge in [-0.3, -0.25) is 9.59 Å². The van der Waals surface area contributed by atoms with Crippen LogP contribution >= 0.6 is 23.4 Å². The second kappa shape index (κ2) is 12.1. The summed E-state index contributed by atoms with van der Waals surface area (Å²) in [6, 6.07) is 16.6. The summed E-state index contributed by atoms with van der Waals surface area (Å²) in [6.45, 7) is 4.01. The fourth-order valence-corrected chi connectivity index (χ4v) is 5.10. The average molecular weight is 589 g/mol. The van der Waals surface area contributed by atoms with E-state index in [1.54, 1.807) is 43.3 Å². The topological polar surface area (TPSA) is 106 Å². The second-order valence-corrected chi connectivity index (χ2v) is 10.1. The molecule has 1 atom stereocenters. The fourth-order valence-electron chi connectivity index (χ4n) is 3.82. The van der Waals surface area contributed by atoms with Crippen LogP contribution in [0.5, 0.6) is 5.75 Å². The predicted octanol–water partition coefficient (Wildman–Crippen LogP) is 6.70. The minimum atomic E-state index is -4.64. The Balaban J connectivity index is 1.70. The van der Waals surface area contributed by atoms with Gasteiger partial charge in [0.25, 0.3) is 5.91 Å². The van der Waals surface area contributed by atoms with E-state index in [2.05, 4.69) is 15.6 Å². The van der Waals surface area contributed by atoms with Gasteiger partial charge in [0.05, 0.1) is 39.8 Å². The molecule has 0 aromatic heterocycles. The van der Waals surface area contributed by atoms with Crippen molar-refractivity contribution in [3.8, 4) is 5.75 Å². The number of aryl methyl sites for hydroxylation is 1. The first-order valence-corrected chi connectivity index (χ1v) is 13.3. The molecule has 1 aliphatic heterocycles. The van der Waals surface area contributed by atoms with Crippen LogP contribution in [0, 0.1) is 6.92 Å². The molecule has 7 nitrogen and oxygen atoms in total. The van der Waals surface area contributed by atoms with E-state index in [9.17, 15) is 22.8 Å². The van der Waals surface area contributed by atoms with Crippen LogP contribution in [0.1, 0.15) is 18.1 Å². The highest BCUT2D eigenvalue weighted by molar-refractivity contribution is 8.16. The van der Waals surface area contributed by atoms with E-state index in [1.165, 1.54) is 0 Å². The molecule has 0 fully saturated rings. The molecule has 12 heteroatoms. The molecule has 4 N–H and O–H groups in total. The van der Waals surface area contributed by atoms with E-state index < -0.39 is 28.8 Å². The minimum absolute atomic E-state index is 0.0326. The molecule has 3 aromatic carbocycles. The third-order valence-corrected chi connectivity index (χ3v) is 7.36. The number of hydrogen-bond donors (Lipinski definition) is 3. The van der Waals surface area contributed by atoms with Crippen molar-refractivity contribution in [2.45, 2.75) is 25.3 Å². The van der Waals surface area contributed by atoms with Crippen LogP contribution in [0.3, 0.4) is 0 Å². The van der Waals surface area contributed by atoms with Crippen LogP contribution in [-0.4, -0.2) is 28.7 Å². The Hall–Kier alpha value is -3.96. The molecule has 2 amide bonds. The highest BCUT2D eigenvalue weighted by Crippen LogP contribution is 2.38. The molecule has 4 rings (SSSR count). The molecule has 0 saturated heterocycles. The highest BCUT2D eigenvalue weighted by Gasteiger charge is 2.39. The van der Waals surface area contributed by atoms with E-state index in [0.717, 1.165) is 35.5 Å². The Kier molecular flexibility index (Phi) is 8.75.